The number of nitrogens with zero attached hydrogens (tertiary/aromatic N) is 2. The molecule has 0 unspecified atom stereocenters. The van der Waals surface area contributed by atoms with E-state index in [1.807, 2.05) is 18.2 Å². The van der Waals surface area contributed by atoms with E-state index in [2.05, 4.69) is 33.6 Å². The van der Waals surface area contributed by atoms with E-state index >= 15 is 0 Å². The fourth-order valence-electron chi connectivity index (χ4n) is 2.81. The zero-order valence-electron chi connectivity index (χ0n) is 18.6. The van der Waals surface area contributed by atoms with Crippen LogP contribution in [0.3, 0.4) is 0 Å². The number of methoxy groups -OCH3 is 1. The van der Waals surface area contributed by atoms with Gasteiger partial charge in [-0.15, -0.1) is 24.0 Å². The second-order valence-electron chi connectivity index (χ2n) is 7.02. The number of aliphatic imine (C=N–C) groups is 1. The summed E-state index contributed by atoms with van der Waals surface area (Å²) < 4.78 is 23.9. The van der Waals surface area contributed by atoms with Crippen LogP contribution in [0.1, 0.15) is 11.1 Å². The van der Waals surface area contributed by atoms with Gasteiger partial charge in [0.05, 0.1) is 6.61 Å². The first-order valence-electron chi connectivity index (χ1n) is 10.2. The van der Waals surface area contributed by atoms with Crippen LogP contribution >= 0.6 is 24.0 Å². The van der Waals surface area contributed by atoms with Gasteiger partial charge in [-0.3, -0.25) is 4.99 Å². The number of ether oxygens (including phenoxy) is 2. The molecule has 2 rings (SSSR count). The summed E-state index contributed by atoms with van der Waals surface area (Å²) in [6.45, 7) is 4.43. The van der Waals surface area contributed by atoms with E-state index in [-0.39, 0.29) is 29.8 Å². The molecule has 0 aliphatic heterocycles. The van der Waals surface area contributed by atoms with E-state index in [4.69, 9.17) is 9.47 Å². The molecular weight excluding hydrogens is 510 g/mol. The normalized spacial score (nSPS) is 11.2. The van der Waals surface area contributed by atoms with Crippen LogP contribution in [-0.2, 0) is 17.7 Å². The lowest BCUT2D eigenvalue weighted by Crippen LogP contribution is -2.37. The average molecular weight is 544 g/mol. The molecule has 0 fully saturated rings. The molecule has 0 aliphatic carbocycles. The Morgan fingerprint density at radius 3 is 2.48 bits per heavy atom. The average Bonchev–Trinajstić information content (AvgIpc) is 2.76. The molecule has 2 aromatic carbocycles. The largest absolute Gasteiger partial charge is 0.492 e. The van der Waals surface area contributed by atoms with Crippen LogP contribution in [0.15, 0.2) is 53.5 Å². The molecule has 8 heteroatoms. The Labute approximate surface area is 202 Å². The summed E-state index contributed by atoms with van der Waals surface area (Å²) in [5.41, 5.74) is 2.19. The van der Waals surface area contributed by atoms with E-state index in [0.717, 1.165) is 49.0 Å². The number of hydrogen-bond acceptors (Lipinski definition) is 4. The number of rotatable bonds is 12. The van der Waals surface area contributed by atoms with Crippen LogP contribution in [0.5, 0.6) is 5.75 Å². The van der Waals surface area contributed by atoms with Crippen LogP contribution < -0.4 is 15.4 Å². The van der Waals surface area contributed by atoms with Crippen molar-refractivity contribution < 1.29 is 13.9 Å². The van der Waals surface area contributed by atoms with Crippen molar-refractivity contribution in [2.75, 3.05) is 54.1 Å². The van der Waals surface area contributed by atoms with Crippen molar-refractivity contribution in [2.45, 2.75) is 13.0 Å². The van der Waals surface area contributed by atoms with E-state index < -0.39 is 0 Å². The fraction of sp³-hybridized carbons (Fsp3) is 0.435. The molecule has 0 saturated carbocycles. The SMILES string of the molecule is CN=C(NCCc1ccc(F)cc1)NCc1cccc(OCCN(C)CCOC)c1.I. The molecule has 172 valence electrons. The number of guanidine groups is 1. The van der Waals surface area contributed by atoms with Crippen molar-refractivity contribution >= 4 is 29.9 Å². The molecule has 0 radical (unpaired) electrons. The van der Waals surface area contributed by atoms with Gasteiger partial charge in [0.1, 0.15) is 18.2 Å². The quantitative estimate of drug-likeness (QED) is 0.244. The van der Waals surface area contributed by atoms with Crippen molar-refractivity contribution in [3.63, 3.8) is 0 Å². The minimum absolute atomic E-state index is 0. The number of likely N-dealkylation sites (N-methyl/N-ethyl adjacent to an activating group) is 1. The topological polar surface area (TPSA) is 58.1 Å². The molecule has 0 aromatic heterocycles. The van der Waals surface area contributed by atoms with Crippen LogP contribution in [0.2, 0.25) is 0 Å². The highest BCUT2D eigenvalue weighted by Gasteiger charge is 2.02. The summed E-state index contributed by atoms with van der Waals surface area (Å²) in [5.74, 6) is 1.37. The second-order valence-corrected chi connectivity index (χ2v) is 7.02. The van der Waals surface area contributed by atoms with Gasteiger partial charge < -0.3 is 25.0 Å². The van der Waals surface area contributed by atoms with Crippen molar-refractivity contribution in [1.82, 2.24) is 15.5 Å². The molecule has 0 atom stereocenters. The zero-order chi connectivity index (χ0) is 21.6. The number of nitrogens with one attached hydrogen (secondary N) is 2. The van der Waals surface area contributed by atoms with Gasteiger partial charge in [-0.1, -0.05) is 24.3 Å². The Hall–Kier alpha value is -1.91. The van der Waals surface area contributed by atoms with Gasteiger partial charge >= 0.3 is 0 Å². The van der Waals surface area contributed by atoms with Crippen LogP contribution in [-0.4, -0.2) is 64.9 Å². The lowest BCUT2D eigenvalue weighted by Gasteiger charge is -2.16. The van der Waals surface area contributed by atoms with E-state index in [9.17, 15) is 4.39 Å². The minimum Gasteiger partial charge on any atom is -0.492 e. The highest BCUT2D eigenvalue weighted by molar-refractivity contribution is 14.0. The third-order valence-electron chi connectivity index (χ3n) is 4.62. The minimum atomic E-state index is -0.214. The smallest absolute Gasteiger partial charge is 0.191 e. The Morgan fingerprint density at radius 1 is 1.03 bits per heavy atom. The molecule has 0 saturated heterocycles. The maximum absolute atomic E-state index is 13.0. The summed E-state index contributed by atoms with van der Waals surface area (Å²) in [6, 6.07) is 14.6. The molecule has 2 N–H and O–H groups in total. The highest BCUT2D eigenvalue weighted by Crippen LogP contribution is 2.13. The maximum Gasteiger partial charge on any atom is 0.191 e. The molecule has 0 aliphatic rings. The van der Waals surface area contributed by atoms with Crippen molar-refractivity contribution in [3.05, 3.63) is 65.5 Å². The molecule has 0 spiro atoms. The third-order valence-corrected chi connectivity index (χ3v) is 4.62. The monoisotopic (exact) mass is 544 g/mol. The van der Waals surface area contributed by atoms with Gasteiger partial charge in [-0.2, -0.15) is 0 Å². The van der Waals surface area contributed by atoms with Crippen LogP contribution in [0, 0.1) is 5.82 Å². The maximum atomic E-state index is 13.0. The van der Waals surface area contributed by atoms with Gasteiger partial charge in [0.15, 0.2) is 5.96 Å². The summed E-state index contributed by atoms with van der Waals surface area (Å²) in [5, 5.41) is 6.59. The molecule has 2 aromatic rings. The third kappa shape index (κ3) is 11.3. The second kappa shape index (κ2) is 15.8. The van der Waals surface area contributed by atoms with Crippen molar-refractivity contribution in [3.8, 4) is 5.75 Å². The summed E-state index contributed by atoms with van der Waals surface area (Å²) in [4.78, 5) is 6.43. The van der Waals surface area contributed by atoms with Gasteiger partial charge in [-0.25, -0.2) is 4.39 Å². The van der Waals surface area contributed by atoms with Crippen LogP contribution in [0.25, 0.3) is 0 Å². The first kappa shape index (κ1) is 27.1. The predicted octanol–water partition coefficient (Wildman–Crippen LogP) is 3.31. The Balaban J connectivity index is 0.00000480. The van der Waals surface area contributed by atoms with Gasteiger partial charge in [0.25, 0.3) is 0 Å². The van der Waals surface area contributed by atoms with Gasteiger partial charge in [-0.05, 0) is 48.9 Å². The summed E-state index contributed by atoms with van der Waals surface area (Å²) >= 11 is 0. The summed E-state index contributed by atoms with van der Waals surface area (Å²) in [6.07, 6.45) is 0.795. The van der Waals surface area contributed by atoms with Gasteiger partial charge in [0.2, 0.25) is 0 Å². The fourth-order valence-corrected chi connectivity index (χ4v) is 2.81. The van der Waals surface area contributed by atoms with E-state index in [0.29, 0.717) is 19.7 Å². The zero-order valence-corrected chi connectivity index (χ0v) is 20.9. The van der Waals surface area contributed by atoms with Crippen molar-refractivity contribution in [1.29, 1.82) is 0 Å². The molecule has 0 bridgehead atoms. The molecule has 31 heavy (non-hydrogen) atoms. The van der Waals surface area contributed by atoms with E-state index in [1.54, 1.807) is 26.3 Å². The standard InChI is InChI=1S/C23H33FN4O2.HI/c1-25-23(26-12-11-19-7-9-21(24)10-8-19)27-18-20-5-4-6-22(17-20)30-16-14-28(2)13-15-29-3;/h4-10,17H,11-16,18H2,1-3H3,(H2,25,26,27);1H. The molecular formula is C23H34FIN4O2. The van der Waals surface area contributed by atoms with E-state index in [1.165, 1.54) is 12.1 Å². The first-order valence-corrected chi connectivity index (χ1v) is 10.2. The highest BCUT2D eigenvalue weighted by atomic mass is 127. The Kier molecular flexibility index (Phi) is 13.8. The van der Waals surface area contributed by atoms with Gasteiger partial charge in [0, 0.05) is 40.3 Å². The van der Waals surface area contributed by atoms with Crippen LogP contribution in [0.4, 0.5) is 4.39 Å². The molecule has 0 heterocycles. The Morgan fingerprint density at radius 2 is 1.77 bits per heavy atom. The van der Waals surface area contributed by atoms with Crippen molar-refractivity contribution in [2.24, 2.45) is 4.99 Å². The lowest BCUT2D eigenvalue weighted by atomic mass is 10.1. The predicted molar refractivity (Wildman–Crippen MR) is 135 cm³/mol. The summed E-state index contributed by atoms with van der Waals surface area (Å²) in [7, 11) is 5.50. The molecule has 0 amide bonds. The Bertz CT molecular complexity index is 774. The number of hydrogen-bond donors (Lipinski definition) is 2. The lowest BCUT2D eigenvalue weighted by molar-refractivity contribution is 0.150. The first-order chi connectivity index (χ1) is 14.6. The number of halogens is 2. The number of benzene rings is 2. The molecule has 6 nitrogen and oxygen atoms in total.